The maximum Gasteiger partial charge on any atom is 0.416 e. The highest BCUT2D eigenvalue weighted by Gasteiger charge is 2.33. The third-order valence-electron chi connectivity index (χ3n) is 8.00. The van der Waals surface area contributed by atoms with Crippen LogP contribution in [0, 0.1) is 5.82 Å². The van der Waals surface area contributed by atoms with Crippen molar-refractivity contribution in [2.75, 3.05) is 18.0 Å². The van der Waals surface area contributed by atoms with Gasteiger partial charge in [-0.15, -0.1) is 0 Å². The van der Waals surface area contributed by atoms with Crippen LogP contribution in [0.3, 0.4) is 0 Å². The van der Waals surface area contributed by atoms with E-state index in [0.29, 0.717) is 31.4 Å². The van der Waals surface area contributed by atoms with Crippen LogP contribution in [0.25, 0.3) is 0 Å². The minimum absolute atomic E-state index is 0.0765. The Labute approximate surface area is 255 Å². The number of amides is 2. The summed E-state index contributed by atoms with van der Waals surface area (Å²) in [4.78, 5) is 27.4. The molecule has 10 heteroatoms. The molecule has 4 rings (SSSR count). The van der Waals surface area contributed by atoms with E-state index in [0.717, 1.165) is 29.7 Å². The second kappa shape index (κ2) is 13.9. The molecule has 0 aromatic heterocycles. The number of anilines is 1. The Morgan fingerprint density at radius 3 is 2.34 bits per heavy atom. The number of aliphatic hydroxyl groups is 1. The van der Waals surface area contributed by atoms with Gasteiger partial charge in [-0.1, -0.05) is 55.8 Å². The van der Waals surface area contributed by atoms with Gasteiger partial charge in [-0.05, 0) is 74.1 Å². The lowest BCUT2D eigenvalue weighted by Gasteiger charge is -2.32. The molecule has 0 spiro atoms. The van der Waals surface area contributed by atoms with Crippen LogP contribution in [-0.4, -0.2) is 42.2 Å². The second-order valence-corrected chi connectivity index (χ2v) is 11.8. The summed E-state index contributed by atoms with van der Waals surface area (Å²) >= 11 is 0. The summed E-state index contributed by atoms with van der Waals surface area (Å²) in [5, 5.41) is 17.3. The number of alkyl halides is 3. The average Bonchev–Trinajstić information content (AvgIpc) is 3.42. The van der Waals surface area contributed by atoms with Crippen molar-refractivity contribution in [1.29, 1.82) is 0 Å². The normalized spacial score (nSPS) is 15.4. The molecule has 1 aliphatic heterocycles. The Balaban J connectivity index is 1.58. The first kappa shape index (κ1) is 33.1. The highest BCUT2D eigenvalue weighted by molar-refractivity contribution is 6.00. The molecule has 1 saturated heterocycles. The topological polar surface area (TPSA) is 81.7 Å². The number of rotatable bonds is 12. The molecule has 3 aromatic carbocycles. The monoisotopic (exact) mass is 613 g/mol. The van der Waals surface area contributed by atoms with Gasteiger partial charge in [0.25, 0.3) is 5.91 Å². The summed E-state index contributed by atoms with van der Waals surface area (Å²) in [6.07, 6.45) is -3.22. The van der Waals surface area contributed by atoms with Crippen molar-refractivity contribution in [2.24, 2.45) is 0 Å². The molecular formula is C34H39F4N3O3. The van der Waals surface area contributed by atoms with Crippen molar-refractivity contribution in [3.8, 4) is 0 Å². The van der Waals surface area contributed by atoms with Gasteiger partial charge in [-0.2, -0.15) is 13.2 Å². The average molecular weight is 614 g/mol. The van der Waals surface area contributed by atoms with E-state index >= 15 is 4.39 Å². The Bertz CT molecular complexity index is 1460. The summed E-state index contributed by atoms with van der Waals surface area (Å²) in [5.74, 6) is -1.73. The van der Waals surface area contributed by atoms with Crippen molar-refractivity contribution >= 4 is 17.5 Å². The lowest BCUT2D eigenvalue weighted by atomic mass is 9.92. The highest BCUT2D eigenvalue weighted by atomic mass is 19.4. The summed E-state index contributed by atoms with van der Waals surface area (Å²) < 4.78 is 55.8. The largest absolute Gasteiger partial charge is 0.416 e. The molecule has 0 aliphatic carbocycles. The lowest BCUT2D eigenvalue weighted by Crippen LogP contribution is -2.51. The Kier molecular flexibility index (Phi) is 10.5. The van der Waals surface area contributed by atoms with Crippen LogP contribution in [0.2, 0.25) is 0 Å². The number of benzene rings is 3. The lowest BCUT2D eigenvalue weighted by molar-refractivity contribution is -0.137. The van der Waals surface area contributed by atoms with Gasteiger partial charge >= 0.3 is 6.18 Å². The molecule has 0 radical (unpaired) electrons. The first-order valence-corrected chi connectivity index (χ1v) is 14.9. The number of carbonyl (C=O) groups excluding carboxylic acids is 2. The molecule has 1 heterocycles. The van der Waals surface area contributed by atoms with Crippen LogP contribution < -0.4 is 15.5 Å². The SMILES string of the molecule is CCCc1cc(C(=O)NC(Cc2ccccc2)C(O)CNC(C)(C)c2cccc(C(F)(F)F)c2)c(F)c(N2CCCC2=O)c1. The molecule has 236 valence electrons. The number of aryl methyl sites for hydroxylation is 1. The number of aliphatic hydroxyl groups excluding tert-OH is 1. The van der Waals surface area contributed by atoms with Crippen molar-refractivity contribution in [3.05, 3.63) is 100 Å². The van der Waals surface area contributed by atoms with Crippen LogP contribution in [-0.2, 0) is 29.4 Å². The van der Waals surface area contributed by atoms with Crippen molar-refractivity contribution in [2.45, 2.75) is 76.7 Å². The number of hydrogen-bond donors (Lipinski definition) is 3. The zero-order valence-electron chi connectivity index (χ0n) is 25.2. The molecule has 3 aromatic rings. The van der Waals surface area contributed by atoms with E-state index < -0.39 is 41.1 Å². The smallest absolute Gasteiger partial charge is 0.390 e. The third kappa shape index (κ3) is 8.04. The van der Waals surface area contributed by atoms with Crippen LogP contribution in [0.1, 0.15) is 72.6 Å². The van der Waals surface area contributed by atoms with Crippen molar-refractivity contribution in [3.63, 3.8) is 0 Å². The number of carbonyl (C=O) groups is 2. The van der Waals surface area contributed by atoms with Gasteiger partial charge in [0, 0.05) is 25.0 Å². The van der Waals surface area contributed by atoms with Gasteiger partial charge in [0.1, 0.15) is 0 Å². The fourth-order valence-corrected chi connectivity index (χ4v) is 5.45. The van der Waals surface area contributed by atoms with E-state index in [2.05, 4.69) is 10.6 Å². The molecule has 3 N–H and O–H groups in total. The van der Waals surface area contributed by atoms with Gasteiger partial charge in [0.2, 0.25) is 5.91 Å². The first-order valence-electron chi connectivity index (χ1n) is 14.9. The molecule has 0 saturated carbocycles. The van der Waals surface area contributed by atoms with E-state index in [9.17, 15) is 27.9 Å². The molecule has 2 atom stereocenters. The van der Waals surface area contributed by atoms with E-state index in [-0.39, 0.29) is 30.1 Å². The zero-order chi connectivity index (χ0) is 32.1. The number of halogens is 4. The van der Waals surface area contributed by atoms with Crippen LogP contribution in [0.15, 0.2) is 66.7 Å². The van der Waals surface area contributed by atoms with Crippen molar-refractivity contribution in [1.82, 2.24) is 10.6 Å². The predicted octanol–water partition coefficient (Wildman–Crippen LogP) is 6.15. The molecule has 44 heavy (non-hydrogen) atoms. The highest BCUT2D eigenvalue weighted by Crippen LogP contribution is 2.32. The van der Waals surface area contributed by atoms with Gasteiger partial charge in [-0.25, -0.2) is 4.39 Å². The minimum Gasteiger partial charge on any atom is -0.390 e. The first-order chi connectivity index (χ1) is 20.8. The van der Waals surface area contributed by atoms with E-state index in [1.54, 1.807) is 26.0 Å². The Morgan fingerprint density at radius 2 is 1.70 bits per heavy atom. The molecule has 2 amide bonds. The number of nitrogens with zero attached hydrogens (tertiary/aromatic N) is 1. The molecule has 1 aliphatic rings. The van der Waals surface area contributed by atoms with Crippen LogP contribution in [0.5, 0.6) is 0 Å². The maximum atomic E-state index is 15.8. The van der Waals surface area contributed by atoms with Gasteiger partial charge in [-0.3, -0.25) is 9.59 Å². The fraction of sp³-hybridized carbons (Fsp3) is 0.412. The summed E-state index contributed by atoms with van der Waals surface area (Å²) in [7, 11) is 0. The number of nitrogens with one attached hydrogen (secondary N) is 2. The fourth-order valence-electron chi connectivity index (χ4n) is 5.45. The van der Waals surface area contributed by atoms with Crippen molar-refractivity contribution < 1.29 is 32.3 Å². The van der Waals surface area contributed by atoms with Gasteiger partial charge < -0.3 is 20.6 Å². The standard InChI is InChI=1S/C34H39F4N3O3/c1-4-10-23-17-26(31(35)28(19-23)41-16-9-15-30(41)43)32(44)40-27(18-22-11-6-5-7-12-22)29(42)21-39-33(2,3)24-13-8-14-25(20-24)34(36,37)38/h5-8,11-14,17,19-20,27,29,39,42H,4,9-10,15-16,18,21H2,1-3H3,(H,40,44). The molecule has 2 unspecified atom stereocenters. The summed E-state index contributed by atoms with van der Waals surface area (Å²) in [6, 6.07) is 16.4. The summed E-state index contributed by atoms with van der Waals surface area (Å²) in [6.45, 7) is 5.66. The maximum absolute atomic E-state index is 15.8. The minimum atomic E-state index is -4.50. The van der Waals surface area contributed by atoms with E-state index in [1.807, 2.05) is 37.3 Å². The van der Waals surface area contributed by atoms with Gasteiger partial charge in [0.05, 0.1) is 29.0 Å². The predicted molar refractivity (Wildman–Crippen MR) is 162 cm³/mol. The van der Waals surface area contributed by atoms with E-state index in [1.165, 1.54) is 17.0 Å². The Morgan fingerprint density at radius 1 is 1.00 bits per heavy atom. The second-order valence-electron chi connectivity index (χ2n) is 11.8. The molecule has 1 fully saturated rings. The quantitative estimate of drug-likeness (QED) is 0.214. The summed E-state index contributed by atoms with van der Waals surface area (Å²) in [5.41, 5.74) is 0.0442. The molecular weight excluding hydrogens is 574 g/mol. The number of hydrogen-bond acceptors (Lipinski definition) is 4. The van der Waals surface area contributed by atoms with Crippen LogP contribution in [0.4, 0.5) is 23.2 Å². The van der Waals surface area contributed by atoms with Crippen LogP contribution >= 0.6 is 0 Å². The molecule has 6 nitrogen and oxygen atoms in total. The zero-order valence-corrected chi connectivity index (χ0v) is 25.2. The van der Waals surface area contributed by atoms with Gasteiger partial charge in [0.15, 0.2) is 5.82 Å². The molecule has 0 bridgehead atoms. The Hall–Kier alpha value is -3.76. The van der Waals surface area contributed by atoms with E-state index in [4.69, 9.17) is 0 Å². The third-order valence-corrected chi connectivity index (χ3v) is 8.00.